The third-order valence-electron chi connectivity index (χ3n) is 4.28. The normalized spacial score (nSPS) is 13.4. The molecule has 0 saturated heterocycles. The smallest absolute Gasteiger partial charge is 0.342 e. The van der Waals surface area contributed by atoms with Crippen molar-refractivity contribution in [2.45, 2.75) is 24.5 Å². The fourth-order valence-electron chi connectivity index (χ4n) is 2.68. The standard InChI is InChI=1S/C19H20N2O8S/c1-11(18(22)21-9-12-3-5-16-17(7-12)28-10-27-16)29-19(23)14-8-13(30(20,24)25)4-6-15(14)26-2/h3-8,11H,9-10H2,1-2H3,(H,21,22)(H2,20,24,25). The van der Waals surface area contributed by atoms with Crippen molar-refractivity contribution >= 4 is 21.9 Å². The van der Waals surface area contributed by atoms with E-state index >= 15 is 0 Å². The van der Waals surface area contributed by atoms with Crippen molar-refractivity contribution in [2.24, 2.45) is 5.14 Å². The number of methoxy groups -OCH3 is 1. The topological polar surface area (TPSA) is 143 Å². The van der Waals surface area contributed by atoms with E-state index in [4.69, 9.17) is 24.1 Å². The second-order valence-electron chi connectivity index (χ2n) is 6.36. The van der Waals surface area contributed by atoms with Crippen LogP contribution in [0, 0.1) is 0 Å². The van der Waals surface area contributed by atoms with Crippen LogP contribution in [0.3, 0.4) is 0 Å². The molecule has 1 atom stereocenters. The maximum Gasteiger partial charge on any atom is 0.342 e. The van der Waals surface area contributed by atoms with Crippen molar-refractivity contribution < 1.29 is 37.0 Å². The molecule has 10 nitrogen and oxygen atoms in total. The summed E-state index contributed by atoms with van der Waals surface area (Å²) in [4.78, 5) is 24.5. The summed E-state index contributed by atoms with van der Waals surface area (Å²) in [6.07, 6.45) is -1.14. The monoisotopic (exact) mass is 436 g/mol. The molecule has 0 saturated carbocycles. The molecular weight excluding hydrogens is 416 g/mol. The summed E-state index contributed by atoms with van der Waals surface area (Å²) in [5, 5.41) is 7.75. The molecule has 0 aliphatic carbocycles. The van der Waals surface area contributed by atoms with E-state index in [9.17, 15) is 18.0 Å². The predicted molar refractivity (Wildman–Crippen MR) is 104 cm³/mol. The maximum atomic E-state index is 12.5. The molecule has 2 aromatic carbocycles. The van der Waals surface area contributed by atoms with Crippen molar-refractivity contribution in [1.82, 2.24) is 5.32 Å². The number of ether oxygens (including phenoxy) is 4. The van der Waals surface area contributed by atoms with Crippen LogP contribution in [0.5, 0.6) is 17.2 Å². The van der Waals surface area contributed by atoms with E-state index in [2.05, 4.69) is 5.32 Å². The van der Waals surface area contributed by atoms with Gasteiger partial charge in [0.05, 0.1) is 12.0 Å². The van der Waals surface area contributed by atoms with Crippen molar-refractivity contribution in [2.75, 3.05) is 13.9 Å². The molecule has 1 amide bonds. The molecule has 30 heavy (non-hydrogen) atoms. The van der Waals surface area contributed by atoms with Crippen molar-refractivity contribution in [3.05, 3.63) is 47.5 Å². The van der Waals surface area contributed by atoms with Gasteiger partial charge < -0.3 is 24.3 Å². The number of rotatable bonds is 7. The number of hydrogen-bond donors (Lipinski definition) is 2. The minimum atomic E-state index is -4.03. The van der Waals surface area contributed by atoms with Crippen LogP contribution in [0.4, 0.5) is 0 Å². The Hall–Kier alpha value is -3.31. The van der Waals surface area contributed by atoms with Gasteiger partial charge >= 0.3 is 5.97 Å². The average molecular weight is 436 g/mol. The van der Waals surface area contributed by atoms with Gasteiger partial charge in [-0.25, -0.2) is 18.4 Å². The largest absolute Gasteiger partial charge is 0.496 e. The van der Waals surface area contributed by atoms with Crippen LogP contribution in [0.2, 0.25) is 0 Å². The van der Waals surface area contributed by atoms with Crippen molar-refractivity contribution in [3.63, 3.8) is 0 Å². The molecular formula is C19H20N2O8S. The van der Waals surface area contributed by atoms with Gasteiger partial charge in [-0.2, -0.15) is 0 Å². The number of primary sulfonamides is 1. The number of sulfonamides is 1. The van der Waals surface area contributed by atoms with Gasteiger partial charge in [0.1, 0.15) is 11.3 Å². The van der Waals surface area contributed by atoms with Crippen molar-refractivity contribution in [1.29, 1.82) is 0 Å². The van der Waals surface area contributed by atoms with E-state index in [0.717, 1.165) is 11.6 Å². The molecule has 0 bridgehead atoms. The molecule has 0 aromatic heterocycles. The second-order valence-corrected chi connectivity index (χ2v) is 7.92. The first kappa shape index (κ1) is 21.4. The lowest BCUT2D eigenvalue weighted by atomic mass is 10.2. The SMILES string of the molecule is COc1ccc(S(N)(=O)=O)cc1C(=O)OC(C)C(=O)NCc1ccc2c(c1)OCO2. The highest BCUT2D eigenvalue weighted by Gasteiger charge is 2.23. The molecule has 3 rings (SSSR count). The Bertz CT molecular complexity index is 1080. The van der Waals surface area contributed by atoms with Gasteiger partial charge in [0.25, 0.3) is 5.91 Å². The number of esters is 1. The fraction of sp³-hybridized carbons (Fsp3) is 0.263. The highest BCUT2D eigenvalue weighted by atomic mass is 32.2. The number of carbonyl (C=O) groups is 2. The second kappa shape index (κ2) is 8.59. The van der Waals surface area contributed by atoms with E-state index in [1.54, 1.807) is 18.2 Å². The minimum absolute atomic E-state index is 0.0837. The first-order chi connectivity index (χ1) is 14.2. The van der Waals surface area contributed by atoms with Crippen molar-refractivity contribution in [3.8, 4) is 17.2 Å². The lowest BCUT2D eigenvalue weighted by Gasteiger charge is -2.15. The van der Waals surface area contributed by atoms with Crippen LogP contribution in [-0.2, 0) is 26.1 Å². The summed E-state index contributed by atoms with van der Waals surface area (Å²) >= 11 is 0. The lowest BCUT2D eigenvalue weighted by Crippen LogP contribution is -2.35. The third kappa shape index (κ3) is 4.81. The molecule has 0 radical (unpaired) electrons. The Labute approximate surface area is 172 Å². The molecule has 1 heterocycles. The van der Waals surface area contributed by atoms with Gasteiger partial charge in [0.2, 0.25) is 16.8 Å². The Morgan fingerprint density at radius 3 is 2.60 bits per heavy atom. The van der Waals surface area contributed by atoms with Crippen LogP contribution in [0.25, 0.3) is 0 Å². The number of nitrogens with one attached hydrogen (secondary N) is 1. The van der Waals surface area contributed by atoms with Gasteiger partial charge in [-0.3, -0.25) is 4.79 Å². The van der Waals surface area contributed by atoms with Crippen LogP contribution in [-0.4, -0.2) is 40.3 Å². The molecule has 1 aliphatic heterocycles. The van der Waals surface area contributed by atoms with Crippen LogP contribution >= 0.6 is 0 Å². The quantitative estimate of drug-likeness (QED) is 0.610. The molecule has 0 spiro atoms. The van der Waals surface area contributed by atoms with E-state index in [1.807, 2.05) is 0 Å². The molecule has 1 unspecified atom stereocenters. The summed E-state index contributed by atoms with van der Waals surface area (Å²) < 4.78 is 43.8. The zero-order valence-corrected chi connectivity index (χ0v) is 17.0. The number of carbonyl (C=O) groups excluding carboxylic acids is 2. The summed E-state index contributed by atoms with van der Waals surface area (Å²) in [6.45, 7) is 1.72. The molecule has 3 N–H and O–H groups in total. The minimum Gasteiger partial charge on any atom is -0.496 e. The molecule has 11 heteroatoms. The highest BCUT2D eigenvalue weighted by Crippen LogP contribution is 2.32. The zero-order valence-electron chi connectivity index (χ0n) is 16.2. The Morgan fingerprint density at radius 1 is 1.17 bits per heavy atom. The van der Waals surface area contributed by atoms with Gasteiger partial charge in [0, 0.05) is 6.54 Å². The highest BCUT2D eigenvalue weighted by molar-refractivity contribution is 7.89. The fourth-order valence-corrected chi connectivity index (χ4v) is 3.22. The lowest BCUT2D eigenvalue weighted by molar-refractivity contribution is -0.129. The zero-order chi connectivity index (χ0) is 21.9. The van der Waals surface area contributed by atoms with Crippen LogP contribution in [0.15, 0.2) is 41.3 Å². The predicted octanol–water partition coefficient (Wildman–Crippen LogP) is 0.933. The van der Waals surface area contributed by atoms with Crippen LogP contribution in [0.1, 0.15) is 22.8 Å². The molecule has 2 aromatic rings. The number of fused-ring (bicyclic) bond motifs is 1. The number of amides is 1. The molecule has 0 fully saturated rings. The maximum absolute atomic E-state index is 12.5. The Kier molecular flexibility index (Phi) is 6.13. The van der Waals surface area contributed by atoms with E-state index < -0.39 is 28.0 Å². The van der Waals surface area contributed by atoms with Gasteiger partial charge in [0.15, 0.2) is 17.6 Å². The van der Waals surface area contributed by atoms with E-state index in [0.29, 0.717) is 11.5 Å². The van der Waals surface area contributed by atoms with E-state index in [-0.39, 0.29) is 29.5 Å². The van der Waals surface area contributed by atoms with Gasteiger partial charge in [-0.05, 0) is 42.8 Å². The molecule has 1 aliphatic rings. The third-order valence-corrected chi connectivity index (χ3v) is 5.19. The first-order valence-corrected chi connectivity index (χ1v) is 10.3. The Morgan fingerprint density at radius 2 is 1.90 bits per heavy atom. The number of benzene rings is 2. The van der Waals surface area contributed by atoms with Gasteiger partial charge in [-0.1, -0.05) is 6.07 Å². The number of hydrogen-bond acceptors (Lipinski definition) is 8. The first-order valence-electron chi connectivity index (χ1n) is 8.77. The van der Waals surface area contributed by atoms with E-state index in [1.165, 1.54) is 26.2 Å². The summed E-state index contributed by atoms with van der Waals surface area (Å²) in [5.41, 5.74) is 0.605. The van der Waals surface area contributed by atoms with Crippen LogP contribution < -0.4 is 24.7 Å². The average Bonchev–Trinajstić information content (AvgIpc) is 3.18. The summed E-state index contributed by atoms with van der Waals surface area (Å²) in [5.74, 6) is -0.169. The number of nitrogens with two attached hydrogens (primary N) is 1. The van der Waals surface area contributed by atoms with Gasteiger partial charge in [-0.15, -0.1) is 0 Å². The summed E-state index contributed by atoms with van der Waals surface area (Å²) in [7, 11) is -2.72. The molecule has 160 valence electrons. The Balaban J connectivity index is 1.64. The summed E-state index contributed by atoms with van der Waals surface area (Å²) in [6, 6.07) is 8.76.